The Bertz CT molecular complexity index is 2140. The molecule has 0 saturated heterocycles. The number of carbonyl (C=O) groups excluding carboxylic acids is 9. The van der Waals surface area contributed by atoms with E-state index in [1.165, 1.54) is 11.0 Å². The van der Waals surface area contributed by atoms with Crippen LogP contribution in [0.25, 0.3) is 0 Å². The van der Waals surface area contributed by atoms with Crippen molar-refractivity contribution in [2.24, 2.45) is 20.7 Å². The first-order valence-electron chi connectivity index (χ1n) is 25.5. The normalized spacial score (nSPS) is 10.4. The molecule has 84 heavy (non-hydrogen) atoms. The number of guanidine groups is 3. The maximum atomic E-state index is 12.0. The van der Waals surface area contributed by atoms with Gasteiger partial charge in [0.1, 0.15) is 33.6 Å². The number of hydrogen-bond donors (Lipinski definition) is 8. The first-order chi connectivity index (χ1) is 37.7. The van der Waals surface area contributed by atoms with Crippen LogP contribution in [-0.2, 0) is 42.8 Å². The summed E-state index contributed by atoms with van der Waals surface area (Å²) < 4.78 is 30.7. The maximum absolute atomic E-state index is 12.0. The zero-order valence-electron chi connectivity index (χ0n) is 53.8. The first kappa shape index (κ1) is 88.9. The summed E-state index contributed by atoms with van der Waals surface area (Å²) in [4.78, 5) is 117. The predicted molar refractivity (Wildman–Crippen MR) is 329 cm³/mol. The molecule has 0 heterocycles. The van der Waals surface area contributed by atoms with Crippen LogP contribution in [0.5, 0.6) is 0 Å². The summed E-state index contributed by atoms with van der Waals surface area (Å²) in [5, 5.41) is 17.0. The number of nitrogens with two attached hydrogens (primary N) is 1. The van der Waals surface area contributed by atoms with Gasteiger partial charge >= 0.3 is 66.1 Å². The maximum Gasteiger partial charge on any atom is 1.00 e. The van der Waals surface area contributed by atoms with E-state index >= 15 is 0 Å². The number of alkyl carbamates (subject to hydrolysis) is 6. The molecule has 0 aromatic heterocycles. The molecule has 0 radical (unpaired) electrons. The molecule has 0 bridgehead atoms. The van der Waals surface area contributed by atoms with E-state index in [4.69, 9.17) is 45.8 Å². The second-order valence-corrected chi connectivity index (χ2v) is 23.0. The second-order valence-electron chi connectivity index (χ2n) is 22.0. The average Bonchev–Trinajstić information content (AvgIpc) is 3.28. The van der Waals surface area contributed by atoms with Crippen molar-refractivity contribution < 1.29 is 103 Å². The summed E-state index contributed by atoms with van der Waals surface area (Å²) in [5.41, 5.74) is 1.16. The quantitative estimate of drug-likeness (QED) is 0.0127. The van der Waals surface area contributed by atoms with Crippen LogP contribution in [0.4, 0.5) is 28.8 Å². The summed E-state index contributed by atoms with van der Waals surface area (Å²) >= 11 is 7.84. The van der Waals surface area contributed by atoms with Gasteiger partial charge in [0.2, 0.25) is 34.9 Å². The van der Waals surface area contributed by atoms with Crippen molar-refractivity contribution in [2.75, 3.05) is 51.1 Å². The molecular weight excluding hydrogens is 1200 g/mol. The molecule has 0 spiro atoms. The predicted octanol–water partition coefficient (Wildman–Crippen LogP) is 5.26. The molecule has 0 aliphatic heterocycles. The van der Waals surface area contributed by atoms with E-state index in [0.717, 1.165) is 17.5 Å². The van der Waals surface area contributed by atoms with Crippen molar-refractivity contribution in [3.63, 3.8) is 0 Å². The number of amides is 8. The van der Waals surface area contributed by atoms with Crippen LogP contribution < -0.4 is 72.5 Å². The number of nitrogens with zero attached hydrogens (tertiary/aromatic N) is 4. The van der Waals surface area contributed by atoms with Crippen molar-refractivity contribution in [2.45, 2.75) is 158 Å². The summed E-state index contributed by atoms with van der Waals surface area (Å²) in [5.74, 6) is -0.984. The second kappa shape index (κ2) is 46.0. The van der Waals surface area contributed by atoms with Gasteiger partial charge in [-0.3, -0.25) is 61.3 Å². The van der Waals surface area contributed by atoms with E-state index in [1.807, 2.05) is 0 Å². The molecule has 0 unspecified atom stereocenters. The third kappa shape index (κ3) is 68.2. The standard InChI is InChI=1S/C19H32N4O5.C16H28N4O5.C13H26N4O4.C3H5Br.C3H3ClO.Na.H/c1-9-12-23(14(24)10-2)13-11-20-15(21-16(25)27-18(3,4)5)22-17(26)28-19(6,7)8;1-8-11(21)17-9-10-18-12(19-13(22)24-15(2,3)4)20-14(23)25-16(5,6)7;1-12(2,3)20-10(18)16-9(15-8-7-14)17-11(19)21-13(4,5)6;1-2-3-4;1-2-3(4)5;;/h9-10H,1-2,11-13H2,3-8H3,(H2,20,21,22,25,26);8H,1,9-10H2,2-7H3,(H,17,21)(H2,18,19,20,22,23);7-8,14H2,1-6H3,(H2,15,16,17,18,19);2H,1,3H2;2H,1H2;;/q;;;;;+1;-1. The van der Waals surface area contributed by atoms with Crippen molar-refractivity contribution in [3.8, 4) is 0 Å². The van der Waals surface area contributed by atoms with Crippen LogP contribution in [0, 0.1) is 0 Å². The van der Waals surface area contributed by atoms with Crippen molar-refractivity contribution >= 4 is 99.0 Å². The number of allylic oxidation sites excluding steroid dienone is 2. The molecular formula is C54H95BrClN12NaO15. The summed E-state index contributed by atoms with van der Waals surface area (Å²) in [6.07, 6.45) is 2.14. The van der Waals surface area contributed by atoms with Gasteiger partial charge in [-0.15, -0.1) is 13.2 Å². The molecule has 0 aliphatic rings. The van der Waals surface area contributed by atoms with E-state index in [2.05, 4.69) is 101 Å². The van der Waals surface area contributed by atoms with E-state index < -0.39 is 75.4 Å². The smallest absolute Gasteiger partial charge is 1.00 e. The number of hydrogen-bond acceptors (Lipinski definition) is 19. The minimum atomic E-state index is -0.785. The van der Waals surface area contributed by atoms with Gasteiger partial charge in [-0.25, -0.2) is 28.8 Å². The van der Waals surface area contributed by atoms with Gasteiger partial charge in [0.25, 0.3) is 0 Å². The van der Waals surface area contributed by atoms with E-state index in [-0.39, 0.29) is 99.9 Å². The number of aliphatic imine (C=N–C) groups is 3. The van der Waals surface area contributed by atoms with Crippen LogP contribution >= 0.6 is 27.5 Å². The number of alkyl halides is 1. The summed E-state index contributed by atoms with van der Waals surface area (Å²) in [6.45, 7) is 49.2. The fourth-order valence-electron chi connectivity index (χ4n) is 4.19. The molecule has 9 N–H and O–H groups in total. The molecule has 27 nitrogen and oxygen atoms in total. The molecule has 0 rings (SSSR count). The number of carbonyl (C=O) groups is 9. The molecule has 0 atom stereocenters. The monoisotopic (exact) mass is 1290 g/mol. The van der Waals surface area contributed by atoms with Crippen LogP contribution in [0.15, 0.2) is 78.3 Å². The summed E-state index contributed by atoms with van der Waals surface area (Å²) in [6, 6.07) is 0. The average molecular weight is 1290 g/mol. The molecule has 8 amide bonds. The molecule has 0 saturated carbocycles. The fourth-order valence-corrected chi connectivity index (χ4v) is 4.19. The largest absolute Gasteiger partial charge is 1.00 e. The Morgan fingerprint density at radius 3 is 0.952 bits per heavy atom. The Kier molecular flexibility index (Phi) is 48.7. The van der Waals surface area contributed by atoms with E-state index in [9.17, 15) is 43.2 Å². The zero-order chi connectivity index (χ0) is 66.0. The van der Waals surface area contributed by atoms with Gasteiger partial charge in [-0.1, -0.05) is 47.8 Å². The Labute approximate surface area is 533 Å². The van der Waals surface area contributed by atoms with Crippen LogP contribution in [0.1, 0.15) is 126 Å². The zero-order valence-corrected chi connectivity index (χ0v) is 57.2. The van der Waals surface area contributed by atoms with Crippen molar-refractivity contribution in [1.29, 1.82) is 0 Å². The van der Waals surface area contributed by atoms with Crippen LogP contribution in [-0.4, -0.2) is 161 Å². The van der Waals surface area contributed by atoms with Crippen molar-refractivity contribution in [3.05, 3.63) is 63.3 Å². The number of halogens is 2. The van der Waals surface area contributed by atoms with Crippen molar-refractivity contribution in [1.82, 2.24) is 42.1 Å². The Morgan fingerprint density at radius 2 is 0.750 bits per heavy atom. The van der Waals surface area contributed by atoms with Gasteiger partial charge in [-0.2, -0.15) is 0 Å². The fraction of sp³-hybridized carbons (Fsp3) is 0.593. The molecule has 30 heteroatoms. The van der Waals surface area contributed by atoms with Gasteiger partial charge < -0.3 is 45.8 Å². The van der Waals surface area contributed by atoms with Crippen LogP contribution in [0.3, 0.4) is 0 Å². The third-order valence-corrected chi connectivity index (χ3v) is 7.34. The Hall–Kier alpha value is -6.33. The first-order valence-corrected chi connectivity index (χ1v) is 27.0. The molecule has 476 valence electrons. The number of nitrogens with one attached hydrogen (secondary N) is 7. The minimum Gasteiger partial charge on any atom is -1.00 e. The number of rotatable bonds is 14. The van der Waals surface area contributed by atoms with Crippen LogP contribution in [0.2, 0.25) is 0 Å². The van der Waals surface area contributed by atoms with Gasteiger partial charge in [-0.05, 0) is 154 Å². The van der Waals surface area contributed by atoms with E-state index in [1.54, 1.807) is 137 Å². The minimum absolute atomic E-state index is 0. The molecule has 0 fully saturated rings. The topological polar surface area (TPSA) is 360 Å². The van der Waals surface area contributed by atoms with Gasteiger partial charge in [0.05, 0.1) is 19.6 Å². The molecule has 0 aromatic carbocycles. The number of ether oxygens (including phenoxy) is 6. The molecule has 0 aromatic rings. The SMILES string of the molecule is C=CC(=O)Cl.C=CC(=O)NCCN=C(NC(=O)OC(C)(C)C)NC(=O)OC(C)(C)C.C=CCBr.C=CCN(CCN=C(NC(=O)OC(C)(C)C)NC(=O)OC(C)(C)C)C(=O)C=C.CC(C)(C)OC(=O)NC(=NCCN)NC(=O)OC(C)(C)C.[H-].[Na+]. The third-order valence-electron chi connectivity index (χ3n) is 6.73. The Morgan fingerprint density at radius 1 is 0.488 bits per heavy atom. The van der Waals surface area contributed by atoms with E-state index in [0.29, 0.717) is 6.54 Å². The van der Waals surface area contributed by atoms with Gasteiger partial charge in [0.15, 0.2) is 0 Å². The van der Waals surface area contributed by atoms with Gasteiger partial charge in [0, 0.05) is 31.5 Å². The Balaban J connectivity index is -0.000000199. The summed E-state index contributed by atoms with van der Waals surface area (Å²) in [7, 11) is 0. The molecule has 0 aliphatic carbocycles.